The van der Waals surface area contributed by atoms with Crippen LogP contribution in [0.2, 0.25) is 0 Å². The molecule has 0 aliphatic heterocycles. The highest BCUT2D eigenvalue weighted by Gasteiger charge is 2.23. The molecule has 0 atom stereocenters. The van der Waals surface area contributed by atoms with Crippen molar-refractivity contribution < 1.29 is 19.6 Å². The van der Waals surface area contributed by atoms with Gasteiger partial charge in [0.05, 0.1) is 16.1 Å². The van der Waals surface area contributed by atoms with Crippen molar-refractivity contribution in [3.05, 3.63) is 39.4 Å². The molecule has 1 amide bonds. The van der Waals surface area contributed by atoms with Crippen LogP contribution < -0.4 is 5.32 Å². The predicted octanol–water partition coefficient (Wildman–Crippen LogP) is 2.75. The van der Waals surface area contributed by atoms with Gasteiger partial charge in [-0.3, -0.25) is 14.9 Å². The topological polar surface area (TPSA) is 110 Å². The van der Waals surface area contributed by atoms with Crippen LogP contribution in [0.5, 0.6) is 0 Å². The molecule has 0 saturated heterocycles. The Bertz CT molecular complexity index is 592. The van der Waals surface area contributed by atoms with Crippen molar-refractivity contribution >= 4 is 17.6 Å². The average Bonchev–Trinajstić information content (AvgIpc) is 2.75. The summed E-state index contributed by atoms with van der Waals surface area (Å²) in [5.41, 5.74) is -0.682. The number of nitro groups is 1. The molecule has 1 aliphatic carbocycles. The fourth-order valence-electron chi connectivity index (χ4n) is 2.71. The lowest BCUT2D eigenvalue weighted by Gasteiger charge is -2.16. The Labute approximate surface area is 127 Å². The first-order valence-electron chi connectivity index (χ1n) is 7.31. The number of hydrogen-bond donors (Lipinski definition) is 2. The van der Waals surface area contributed by atoms with Gasteiger partial charge in [0, 0.05) is 18.2 Å². The third-order valence-corrected chi connectivity index (χ3v) is 3.88. The van der Waals surface area contributed by atoms with Gasteiger partial charge in [-0.15, -0.1) is 0 Å². The normalized spacial score (nSPS) is 15.8. The Morgan fingerprint density at radius 1 is 1.14 bits per heavy atom. The van der Waals surface area contributed by atoms with Gasteiger partial charge >= 0.3 is 5.97 Å². The van der Waals surface area contributed by atoms with Gasteiger partial charge in [0.2, 0.25) is 0 Å². The van der Waals surface area contributed by atoms with Crippen molar-refractivity contribution in [3.63, 3.8) is 0 Å². The second-order valence-corrected chi connectivity index (χ2v) is 5.45. The van der Waals surface area contributed by atoms with E-state index >= 15 is 0 Å². The number of hydrogen-bond acceptors (Lipinski definition) is 4. The van der Waals surface area contributed by atoms with E-state index in [4.69, 9.17) is 5.11 Å². The van der Waals surface area contributed by atoms with Crippen LogP contribution in [0.4, 0.5) is 5.69 Å². The summed E-state index contributed by atoms with van der Waals surface area (Å²) in [4.78, 5) is 33.7. The lowest BCUT2D eigenvalue weighted by molar-refractivity contribution is -0.384. The second kappa shape index (κ2) is 7.02. The molecule has 0 aromatic heterocycles. The van der Waals surface area contributed by atoms with Gasteiger partial charge in [-0.05, 0) is 18.9 Å². The summed E-state index contributed by atoms with van der Waals surface area (Å²) in [5.74, 6) is -1.84. The number of carbonyl (C=O) groups is 2. The SMILES string of the molecule is O=C(O)c1ccc([N+](=O)[O-])cc1C(=O)NC1CCCCCC1. The molecule has 118 valence electrons. The van der Waals surface area contributed by atoms with Crippen LogP contribution >= 0.6 is 0 Å². The summed E-state index contributed by atoms with van der Waals surface area (Å²) in [6.45, 7) is 0. The predicted molar refractivity (Wildman–Crippen MR) is 79.0 cm³/mol. The van der Waals surface area contributed by atoms with E-state index in [1.807, 2.05) is 0 Å². The van der Waals surface area contributed by atoms with Crippen molar-refractivity contribution in [1.29, 1.82) is 0 Å². The molecule has 0 unspecified atom stereocenters. The minimum atomic E-state index is -1.28. The van der Waals surface area contributed by atoms with Crippen molar-refractivity contribution in [2.24, 2.45) is 0 Å². The smallest absolute Gasteiger partial charge is 0.336 e. The Morgan fingerprint density at radius 3 is 2.32 bits per heavy atom. The Hall–Kier alpha value is -2.44. The van der Waals surface area contributed by atoms with Crippen LogP contribution in [0.3, 0.4) is 0 Å². The molecule has 1 saturated carbocycles. The minimum absolute atomic E-state index is 0.00379. The summed E-state index contributed by atoms with van der Waals surface area (Å²) < 4.78 is 0. The Kier molecular flexibility index (Phi) is 5.08. The van der Waals surface area contributed by atoms with Crippen molar-refractivity contribution in [2.45, 2.75) is 44.6 Å². The van der Waals surface area contributed by atoms with E-state index in [0.717, 1.165) is 56.7 Å². The maximum Gasteiger partial charge on any atom is 0.336 e. The fourth-order valence-corrected chi connectivity index (χ4v) is 2.71. The molecule has 0 radical (unpaired) electrons. The minimum Gasteiger partial charge on any atom is -0.478 e. The highest BCUT2D eigenvalue weighted by atomic mass is 16.6. The zero-order valence-electron chi connectivity index (χ0n) is 12.1. The second-order valence-electron chi connectivity index (χ2n) is 5.45. The molecule has 7 heteroatoms. The molecule has 2 rings (SSSR count). The number of amides is 1. The van der Waals surface area contributed by atoms with Gasteiger partial charge in [-0.2, -0.15) is 0 Å². The van der Waals surface area contributed by atoms with Crippen molar-refractivity contribution in [2.75, 3.05) is 0 Å². The quantitative estimate of drug-likeness (QED) is 0.505. The van der Waals surface area contributed by atoms with E-state index in [-0.39, 0.29) is 22.9 Å². The van der Waals surface area contributed by atoms with Gasteiger partial charge in [0.1, 0.15) is 0 Å². The highest BCUT2D eigenvalue weighted by Crippen LogP contribution is 2.21. The molecular weight excluding hydrogens is 288 g/mol. The third-order valence-electron chi connectivity index (χ3n) is 3.88. The summed E-state index contributed by atoms with van der Waals surface area (Å²) in [7, 11) is 0. The van der Waals surface area contributed by atoms with Gasteiger partial charge in [-0.1, -0.05) is 25.7 Å². The summed E-state index contributed by atoms with van der Waals surface area (Å²) in [6, 6.07) is 3.21. The van der Waals surface area contributed by atoms with Crippen LogP contribution in [0, 0.1) is 10.1 Å². The van der Waals surface area contributed by atoms with E-state index in [1.165, 1.54) is 0 Å². The zero-order chi connectivity index (χ0) is 16.1. The first-order chi connectivity index (χ1) is 10.5. The number of aromatic carboxylic acids is 1. The molecular formula is C15H18N2O5. The number of benzene rings is 1. The number of carboxylic acids is 1. The molecule has 1 aliphatic rings. The Morgan fingerprint density at radius 2 is 1.77 bits per heavy atom. The standard InChI is InChI=1S/C15H18N2O5/c18-14(16-10-5-3-1-2-4-6-10)13-9-11(17(21)22)7-8-12(13)15(19)20/h7-10H,1-6H2,(H,16,18)(H,19,20). The summed E-state index contributed by atoms with van der Waals surface area (Å²) in [6.07, 6.45) is 6.00. The lowest BCUT2D eigenvalue weighted by atomic mass is 10.0. The van der Waals surface area contributed by atoms with Crippen LogP contribution in [0.1, 0.15) is 59.2 Å². The molecule has 7 nitrogen and oxygen atoms in total. The zero-order valence-corrected chi connectivity index (χ0v) is 12.1. The lowest BCUT2D eigenvalue weighted by Crippen LogP contribution is -2.35. The van der Waals surface area contributed by atoms with E-state index < -0.39 is 16.8 Å². The molecule has 22 heavy (non-hydrogen) atoms. The van der Waals surface area contributed by atoms with Crippen LogP contribution in [-0.2, 0) is 0 Å². The van der Waals surface area contributed by atoms with Crippen LogP contribution in [0.25, 0.3) is 0 Å². The van der Waals surface area contributed by atoms with Gasteiger partial charge in [-0.25, -0.2) is 4.79 Å². The van der Waals surface area contributed by atoms with E-state index in [9.17, 15) is 19.7 Å². The van der Waals surface area contributed by atoms with Crippen LogP contribution in [0.15, 0.2) is 18.2 Å². The molecule has 1 aromatic carbocycles. The number of carbonyl (C=O) groups excluding carboxylic acids is 1. The van der Waals surface area contributed by atoms with Crippen molar-refractivity contribution in [3.8, 4) is 0 Å². The van der Waals surface area contributed by atoms with Gasteiger partial charge in [0.15, 0.2) is 0 Å². The van der Waals surface area contributed by atoms with E-state index in [2.05, 4.69) is 5.32 Å². The first-order valence-corrected chi connectivity index (χ1v) is 7.31. The number of nitro benzene ring substituents is 1. The molecule has 1 fully saturated rings. The molecule has 1 aromatic rings. The van der Waals surface area contributed by atoms with E-state index in [0.29, 0.717) is 0 Å². The van der Waals surface area contributed by atoms with Crippen LogP contribution in [-0.4, -0.2) is 27.9 Å². The summed E-state index contributed by atoms with van der Waals surface area (Å²) >= 11 is 0. The van der Waals surface area contributed by atoms with Crippen molar-refractivity contribution in [1.82, 2.24) is 5.32 Å². The largest absolute Gasteiger partial charge is 0.478 e. The average molecular weight is 306 g/mol. The number of nitrogens with zero attached hydrogens (tertiary/aromatic N) is 1. The Balaban J connectivity index is 2.24. The third kappa shape index (κ3) is 3.81. The van der Waals surface area contributed by atoms with E-state index in [1.54, 1.807) is 0 Å². The highest BCUT2D eigenvalue weighted by molar-refractivity contribution is 6.05. The monoisotopic (exact) mass is 306 g/mol. The fraction of sp³-hybridized carbons (Fsp3) is 0.467. The van der Waals surface area contributed by atoms with Gasteiger partial charge in [0.25, 0.3) is 11.6 Å². The number of carboxylic acid groups (broad SMARTS) is 1. The van der Waals surface area contributed by atoms with Gasteiger partial charge < -0.3 is 10.4 Å². The maximum absolute atomic E-state index is 12.3. The first kappa shape index (κ1) is 15.9. The maximum atomic E-state index is 12.3. The number of rotatable bonds is 4. The molecule has 0 spiro atoms. The molecule has 0 bridgehead atoms. The number of nitrogens with one attached hydrogen (secondary N) is 1. The number of non-ortho nitro benzene ring substituents is 1. The summed E-state index contributed by atoms with van der Waals surface area (Å²) in [5, 5.41) is 22.8. The molecule has 2 N–H and O–H groups in total. The molecule has 0 heterocycles.